The molecule has 0 fully saturated rings. The standard InChI is InChI=1S/C16H18FN/c1-11-9-14(17)10-12(2)15(11)16(18-3)13-7-5-4-6-8-13/h4-10,16,18H,1-3H3. The molecule has 0 aromatic heterocycles. The highest BCUT2D eigenvalue weighted by Crippen LogP contribution is 2.28. The molecule has 94 valence electrons. The summed E-state index contributed by atoms with van der Waals surface area (Å²) >= 11 is 0. The van der Waals surface area contributed by atoms with Crippen LogP contribution in [0.15, 0.2) is 42.5 Å². The van der Waals surface area contributed by atoms with Gasteiger partial charge in [-0.2, -0.15) is 0 Å². The summed E-state index contributed by atoms with van der Waals surface area (Å²) in [5, 5.41) is 3.31. The van der Waals surface area contributed by atoms with Crippen LogP contribution in [0, 0.1) is 19.7 Å². The third-order valence-electron chi connectivity index (χ3n) is 3.27. The Hall–Kier alpha value is -1.67. The van der Waals surface area contributed by atoms with Crippen molar-refractivity contribution in [2.45, 2.75) is 19.9 Å². The molecule has 0 heterocycles. The van der Waals surface area contributed by atoms with E-state index < -0.39 is 0 Å². The van der Waals surface area contributed by atoms with Gasteiger partial charge in [-0.25, -0.2) is 4.39 Å². The Bertz CT molecular complexity index is 511. The zero-order valence-electron chi connectivity index (χ0n) is 11.0. The lowest BCUT2D eigenvalue weighted by Crippen LogP contribution is -2.20. The zero-order chi connectivity index (χ0) is 13.1. The highest BCUT2D eigenvalue weighted by atomic mass is 19.1. The van der Waals surface area contributed by atoms with Gasteiger partial charge in [0.15, 0.2) is 0 Å². The Morgan fingerprint density at radius 2 is 1.56 bits per heavy atom. The summed E-state index contributed by atoms with van der Waals surface area (Å²) in [5.41, 5.74) is 4.31. The lowest BCUT2D eigenvalue weighted by molar-refractivity contribution is 0.618. The minimum Gasteiger partial charge on any atom is -0.309 e. The molecule has 0 saturated heterocycles. The van der Waals surface area contributed by atoms with Crippen molar-refractivity contribution in [1.82, 2.24) is 5.32 Å². The molecule has 0 bridgehead atoms. The average molecular weight is 243 g/mol. The molecule has 2 rings (SSSR count). The van der Waals surface area contributed by atoms with Crippen LogP contribution in [0.1, 0.15) is 28.3 Å². The van der Waals surface area contributed by atoms with E-state index in [0.29, 0.717) is 0 Å². The van der Waals surface area contributed by atoms with E-state index in [1.54, 1.807) is 12.1 Å². The predicted octanol–water partition coefficient (Wildman–Crippen LogP) is 3.75. The first-order valence-electron chi connectivity index (χ1n) is 6.12. The molecule has 0 saturated carbocycles. The van der Waals surface area contributed by atoms with Crippen LogP contribution in [0.2, 0.25) is 0 Å². The molecule has 2 aromatic rings. The largest absolute Gasteiger partial charge is 0.309 e. The Balaban J connectivity index is 2.52. The van der Waals surface area contributed by atoms with Crippen LogP contribution in [0.4, 0.5) is 4.39 Å². The van der Waals surface area contributed by atoms with E-state index >= 15 is 0 Å². The molecule has 1 atom stereocenters. The van der Waals surface area contributed by atoms with Gasteiger partial charge in [-0.15, -0.1) is 0 Å². The van der Waals surface area contributed by atoms with Crippen molar-refractivity contribution in [3.05, 3.63) is 70.5 Å². The van der Waals surface area contributed by atoms with Crippen LogP contribution in [-0.4, -0.2) is 7.05 Å². The maximum absolute atomic E-state index is 13.4. The molecule has 1 nitrogen and oxygen atoms in total. The number of benzene rings is 2. The number of nitrogens with one attached hydrogen (secondary N) is 1. The van der Waals surface area contributed by atoms with Gasteiger partial charge in [0.25, 0.3) is 0 Å². The van der Waals surface area contributed by atoms with Crippen molar-refractivity contribution in [3.63, 3.8) is 0 Å². The maximum Gasteiger partial charge on any atom is 0.123 e. The fourth-order valence-corrected chi connectivity index (χ4v) is 2.50. The fraction of sp³-hybridized carbons (Fsp3) is 0.250. The topological polar surface area (TPSA) is 12.0 Å². The van der Waals surface area contributed by atoms with Crippen LogP contribution in [-0.2, 0) is 0 Å². The first-order chi connectivity index (χ1) is 8.63. The average Bonchev–Trinajstić information content (AvgIpc) is 2.34. The molecular weight excluding hydrogens is 225 g/mol. The highest BCUT2D eigenvalue weighted by molar-refractivity contribution is 5.42. The Labute approximate surface area is 108 Å². The first kappa shape index (κ1) is 12.8. The molecule has 0 aliphatic carbocycles. The monoisotopic (exact) mass is 243 g/mol. The van der Waals surface area contributed by atoms with Crippen LogP contribution in [0.3, 0.4) is 0 Å². The third-order valence-corrected chi connectivity index (χ3v) is 3.27. The summed E-state index contributed by atoms with van der Waals surface area (Å²) in [4.78, 5) is 0. The predicted molar refractivity (Wildman–Crippen MR) is 73.2 cm³/mol. The molecule has 2 heteroatoms. The Morgan fingerprint density at radius 1 is 1.00 bits per heavy atom. The van der Waals surface area contributed by atoms with Gasteiger partial charge in [0.05, 0.1) is 6.04 Å². The number of rotatable bonds is 3. The van der Waals surface area contributed by atoms with Gasteiger partial charge in [0, 0.05) is 0 Å². The smallest absolute Gasteiger partial charge is 0.123 e. The Morgan fingerprint density at radius 3 is 2.06 bits per heavy atom. The number of hydrogen-bond acceptors (Lipinski definition) is 1. The van der Waals surface area contributed by atoms with Crippen LogP contribution in [0.25, 0.3) is 0 Å². The summed E-state index contributed by atoms with van der Waals surface area (Å²) in [6, 6.07) is 13.5. The summed E-state index contributed by atoms with van der Waals surface area (Å²) < 4.78 is 13.4. The summed E-state index contributed by atoms with van der Waals surface area (Å²) in [7, 11) is 1.93. The van der Waals surface area contributed by atoms with E-state index in [1.165, 1.54) is 5.56 Å². The van der Waals surface area contributed by atoms with Crippen molar-refractivity contribution in [2.24, 2.45) is 0 Å². The van der Waals surface area contributed by atoms with Gasteiger partial charge in [-0.05, 0) is 55.3 Å². The van der Waals surface area contributed by atoms with Crippen LogP contribution in [0.5, 0.6) is 0 Å². The second kappa shape index (κ2) is 5.32. The molecule has 18 heavy (non-hydrogen) atoms. The highest BCUT2D eigenvalue weighted by Gasteiger charge is 2.16. The van der Waals surface area contributed by atoms with Crippen LogP contribution >= 0.6 is 0 Å². The van der Waals surface area contributed by atoms with Gasteiger partial charge in [-0.3, -0.25) is 0 Å². The molecule has 0 amide bonds. The lowest BCUT2D eigenvalue weighted by atomic mass is 9.91. The molecule has 0 spiro atoms. The summed E-state index contributed by atoms with van der Waals surface area (Å²) in [5.74, 6) is -0.170. The minimum absolute atomic E-state index is 0.104. The molecule has 1 unspecified atom stereocenters. The molecule has 1 N–H and O–H groups in total. The second-order valence-corrected chi connectivity index (χ2v) is 4.59. The van der Waals surface area contributed by atoms with Crippen molar-refractivity contribution in [2.75, 3.05) is 7.05 Å². The van der Waals surface area contributed by atoms with E-state index in [2.05, 4.69) is 17.4 Å². The summed E-state index contributed by atoms with van der Waals surface area (Å²) in [6.07, 6.45) is 0. The van der Waals surface area contributed by atoms with Crippen molar-refractivity contribution >= 4 is 0 Å². The number of hydrogen-bond donors (Lipinski definition) is 1. The minimum atomic E-state index is -0.170. The zero-order valence-corrected chi connectivity index (χ0v) is 11.0. The SMILES string of the molecule is CNC(c1ccccc1)c1c(C)cc(F)cc1C. The number of aryl methyl sites for hydroxylation is 2. The van der Waals surface area contributed by atoms with E-state index in [4.69, 9.17) is 0 Å². The van der Waals surface area contributed by atoms with Gasteiger partial charge < -0.3 is 5.32 Å². The first-order valence-corrected chi connectivity index (χ1v) is 6.12. The summed E-state index contributed by atoms with van der Waals surface area (Å²) in [6.45, 7) is 3.91. The maximum atomic E-state index is 13.4. The fourth-order valence-electron chi connectivity index (χ4n) is 2.50. The van der Waals surface area contributed by atoms with Crippen molar-refractivity contribution < 1.29 is 4.39 Å². The lowest BCUT2D eigenvalue weighted by Gasteiger charge is -2.21. The quantitative estimate of drug-likeness (QED) is 0.865. The third kappa shape index (κ3) is 2.44. The normalized spacial score (nSPS) is 12.4. The number of halogens is 1. The van der Waals surface area contributed by atoms with Gasteiger partial charge in [0.2, 0.25) is 0 Å². The second-order valence-electron chi connectivity index (χ2n) is 4.59. The molecule has 0 aliphatic heterocycles. The molecule has 0 radical (unpaired) electrons. The van der Waals surface area contributed by atoms with Gasteiger partial charge in [-0.1, -0.05) is 30.3 Å². The van der Waals surface area contributed by atoms with Gasteiger partial charge in [0.1, 0.15) is 5.82 Å². The molecule has 0 aliphatic rings. The van der Waals surface area contributed by atoms with E-state index in [0.717, 1.165) is 16.7 Å². The van der Waals surface area contributed by atoms with Crippen molar-refractivity contribution in [3.8, 4) is 0 Å². The van der Waals surface area contributed by atoms with Crippen molar-refractivity contribution in [1.29, 1.82) is 0 Å². The van der Waals surface area contributed by atoms with E-state index in [9.17, 15) is 4.39 Å². The molecular formula is C16H18FN. The molecule has 2 aromatic carbocycles. The van der Waals surface area contributed by atoms with Gasteiger partial charge >= 0.3 is 0 Å². The van der Waals surface area contributed by atoms with E-state index in [-0.39, 0.29) is 11.9 Å². The van der Waals surface area contributed by atoms with E-state index in [1.807, 2.05) is 39.1 Å². The Kier molecular flexibility index (Phi) is 3.78. The van der Waals surface area contributed by atoms with Crippen LogP contribution < -0.4 is 5.32 Å².